The quantitative estimate of drug-likeness (QED) is 0.811. The molecule has 0 aromatic heterocycles. The van der Waals surface area contributed by atoms with Crippen molar-refractivity contribution < 1.29 is 0 Å². The van der Waals surface area contributed by atoms with Gasteiger partial charge in [-0.05, 0) is 30.2 Å². The molecule has 0 heterocycles. The number of thioether (sulfide) groups is 1. The maximum atomic E-state index is 8.84. The average molecular weight is 253 g/mol. The Morgan fingerprint density at radius 3 is 2.33 bits per heavy atom. The molecule has 2 rings (SSSR count). The van der Waals surface area contributed by atoms with Gasteiger partial charge in [-0.2, -0.15) is 17.0 Å². The Morgan fingerprint density at radius 2 is 1.67 bits per heavy atom. The van der Waals surface area contributed by atoms with Gasteiger partial charge in [-0.25, -0.2) is 0 Å². The first kappa shape index (κ1) is 12.7. The van der Waals surface area contributed by atoms with Crippen molar-refractivity contribution in [1.82, 2.24) is 0 Å². The summed E-state index contributed by atoms with van der Waals surface area (Å²) in [6.45, 7) is 2.12. The van der Waals surface area contributed by atoms with Gasteiger partial charge >= 0.3 is 0 Å². The van der Waals surface area contributed by atoms with E-state index in [0.29, 0.717) is 0 Å². The van der Waals surface area contributed by atoms with Crippen molar-refractivity contribution in [1.29, 1.82) is 5.26 Å². The smallest absolute Gasteiger partial charge is 0.0991 e. The summed E-state index contributed by atoms with van der Waals surface area (Å²) in [5, 5.41) is 8.84. The van der Waals surface area contributed by atoms with Gasteiger partial charge in [0.05, 0.1) is 11.6 Å². The van der Waals surface area contributed by atoms with Crippen LogP contribution in [-0.2, 0) is 11.5 Å². The summed E-state index contributed by atoms with van der Waals surface area (Å²) < 4.78 is 0. The van der Waals surface area contributed by atoms with Crippen LogP contribution in [0.1, 0.15) is 22.3 Å². The first-order chi connectivity index (χ1) is 8.78. The SMILES string of the molecule is Cc1cccc(CSCc2cccc(C#N)c2)c1. The van der Waals surface area contributed by atoms with E-state index in [1.54, 1.807) is 0 Å². The lowest BCUT2D eigenvalue weighted by atomic mass is 10.2. The number of rotatable bonds is 4. The maximum Gasteiger partial charge on any atom is 0.0991 e. The van der Waals surface area contributed by atoms with Gasteiger partial charge in [0.15, 0.2) is 0 Å². The average Bonchev–Trinajstić information content (AvgIpc) is 2.39. The molecule has 2 heteroatoms. The summed E-state index contributed by atoms with van der Waals surface area (Å²) in [4.78, 5) is 0. The van der Waals surface area contributed by atoms with E-state index in [0.717, 1.165) is 17.1 Å². The zero-order valence-electron chi connectivity index (χ0n) is 10.4. The van der Waals surface area contributed by atoms with Crippen LogP contribution in [0, 0.1) is 18.3 Å². The van der Waals surface area contributed by atoms with Crippen molar-refractivity contribution >= 4 is 11.8 Å². The molecule has 0 atom stereocenters. The molecule has 1 nitrogen and oxygen atoms in total. The molecule has 0 saturated heterocycles. The molecular formula is C16H15NS. The van der Waals surface area contributed by atoms with Crippen LogP contribution >= 0.6 is 11.8 Å². The minimum Gasteiger partial charge on any atom is -0.192 e. The highest BCUT2D eigenvalue weighted by Crippen LogP contribution is 2.19. The van der Waals surface area contributed by atoms with Gasteiger partial charge in [0.1, 0.15) is 0 Å². The third-order valence-corrected chi connectivity index (χ3v) is 3.75. The van der Waals surface area contributed by atoms with Crippen molar-refractivity contribution in [3.05, 3.63) is 70.8 Å². The standard InChI is InChI=1S/C16H15NS/c1-13-4-2-6-15(8-13)11-18-12-16-7-3-5-14(9-16)10-17/h2-9H,11-12H2,1H3. The van der Waals surface area contributed by atoms with E-state index < -0.39 is 0 Å². The Morgan fingerprint density at radius 1 is 1.00 bits per heavy atom. The monoisotopic (exact) mass is 253 g/mol. The number of hydrogen-bond acceptors (Lipinski definition) is 2. The number of nitrogens with zero attached hydrogens (tertiary/aromatic N) is 1. The largest absolute Gasteiger partial charge is 0.192 e. The van der Waals surface area contributed by atoms with Crippen molar-refractivity contribution in [2.24, 2.45) is 0 Å². The van der Waals surface area contributed by atoms with Gasteiger partial charge in [0, 0.05) is 11.5 Å². The van der Waals surface area contributed by atoms with Crippen LogP contribution in [0.5, 0.6) is 0 Å². The Labute approximate surface area is 112 Å². The first-order valence-electron chi connectivity index (χ1n) is 5.90. The normalized spacial score (nSPS) is 10.0. The van der Waals surface area contributed by atoms with Crippen LogP contribution in [0.25, 0.3) is 0 Å². The minimum absolute atomic E-state index is 0.739. The van der Waals surface area contributed by atoms with Gasteiger partial charge in [0.2, 0.25) is 0 Å². The van der Waals surface area contributed by atoms with E-state index >= 15 is 0 Å². The molecule has 18 heavy (non-hydrogen) atoms. The fourth-order valence-electron chi connectivity index (χ4n) is 1.82. The van der Waals surface area contributed by atoms with Gasteiger partial charge in [-0.3, -0.25) is 0 Å². The molecule has 0 bridgehead atoms. The second-order valence-electron chi connectivity index (χ2n) is 4.29. The van der Waals surface area contributed by atoms with Crippen LogP contribution in [0.4, 0.5) is 0 Å². The molecule has 0 N–H and O–H groups in total. The van der Waals surface area contributed by atoms with Gasteiger partial charge in [-0.15, -0.1) is 0 Å². The fourth-order valence-corrected chi connectivity index (χ4v) is 2.75. The second-order valence-corrected chi connectivity index (χ2v) is 5.28. The summed E-state index contributed by atoms with van der Waals surface area (Å²) in [6, 6.07) is 18.6. The van der Waals surface area contributed by atoms with Crippen molar-refractivity contribution in [3.63, 3.8) is 0 Å². The highest BCUT2D eigenvalue weighted by molar-refractivity contribution is 7.97. The van der Waals surface area contributed by atoms with Crippen molar-refractivity contribution in [2.75, 3.05) is 0 Å². The number of nitriles is 1. The molecule has 0 aliphatic rings. The summed E-state index contributed by atoms with van der Waals surface area (Å²) in [6.07, 6.45) is 0. The van der Waals surface area contributed by atoms with E-state index in [-0.39, 0.29) is 0 Å². The maximum absolute atomic E-state index is 8.84. The van der Waals surface area contributed by atoms with Gasteiger partial charge in [-0.1, -0.05) is 42.0 Å². The third kappa shape index (κ3) is 3.65. The summed E-state index contributed by atoms with van der Waals surface area (Å²) in [7, 11) is 0. The van der Waals surface area contributed by atoms with E-state index in [1.165, 1.54) is 16.7 Å². The zero-order chi connectivity index (χ0) is 12.8. The van der Waals surface area contributed by atoms with Gasteiger partial charge in [0.25, 0.3) is 0 Å². The van der Waals surface area contributed by atoms with Crippen molar-refractivity contribution in [2.45, 2.75) is 18.4 Å². The lowest BCUT2D eigenvalue weighted by Crippen LogP contribution is -1.85. The van der Waals surface area contributed by atoms with Crippen LogP contribution in [0.2, 0.25) is 0 Å². The first-order valence-corrected chi connectivity index (χ1v) is 7.06. The molecule has 0 aliphatic heterocycles. The highest BCUT2D eigenvalue weighted by Gasteiger charge is 1.98. The predicted octanol–water partition coefficient (Wildman–Crippen LogP) is 4.30. The molecular weight excluding hydrogens is 238 g/mol. The van der Waals surface area contributed by atoms with Crippen LogP contribution in [0.15, 0.2) is 48.5 Å². The van der Waals surface area contributed by atoms with E-state index in [2.05, 4.69) is 43.3 Å². The van der Waals surface area contributed by atoms with Crippen LogP contribution < -0.4 is 0 Å². The van der Waals surface area contributed by atoms with Crippen LogP contribution in [0.3, 0.4) is 0 Å². The predicted molar refractivity (Wildman–Crippen MR) is 77.3 cm³/mol. The molecule has 0 unspecified atom stereocenters. The Kier molecular flexibility index (Phi) is 4.44. The topological polar surface area (TPSA) is 23.8 Å². The number of hydrogen-bond donors (Lipinski definition) is 0. The third-order valence-electron chi connectivity index (χ3n) is 2.68. The zero-order valence-corrected chi connectivity index (χ0v) is 11.2. The lowest BCUT2D eigenvalue weighted by molar-refractivity contribution is 1.33. The molecule has 0 spiro atoms. The molecule has 0 aliphatic carbocycles. The summed E-state index contributed by atoms with van der Waals surface area (Å²) in [5.74, 6) is 1.96. The summed E-state index contributed by atoms with van der Waals surface area (Å²) >= 11 is 1.88. The highest BCUT2D eigenvalue weighted by atomic mass is 32.2. The molecule has 0 fully saturated rings. The molecule has 0 amide bonds. The number of aryl methyl sites for hydroxylation is 1. The second kappa shape index (κ2) is 6.28. The van der Waals surface area contributed by atoms with E-state index in [1.807, 2.05) is 30.0 Å². The molecule has 0 saturated carbocycles. The lowest BCUT2D eigenvalue weighted by Gasteiger charge is -2.03. The fraction of sp³-hybridized carbons (Fsp3) is 0.188. The van der Waals surface area contributed by atoms with Crippen molar-refractivity contribution in [3.8, 4) is 6.07 Å². The molecule has 0 radical (unpaired) electrons. The van der Waals surface area contributed by atoms with E-state index in [9.17, 15) is 0 Å². The van der Waals surface area contributed by atoms with E-state index in [4.69, 9.17) is 5.26 Å². The minimum atomic E-state index is 0.739. The Hall–Kier alpha value is -1.72. The molecule has 2 aromatic carbocycles. The number of benzene rings is 2. The molecule has 90 valence electrons. The molecule has 2 aromatic rings. The summed E-state index contributed by atoms with van der Waals surface area (Å²) in [5.41, 5.74) is 4.62. The Bertz CT molecular complexity index is 569. The van der Waals surface area contributed by atoms with Crippen LogP contribution in [-0.4, -0.2) is 0 Å². The van der Waals surface area contributed by atoms with Gasteiger partial charge < -0.3 is 0 Å². The Balaban J connectivity index is 1.90.